The normalized spacial score (nSPS) is 14.7. The van der Waals surface area contributed by atoms with Gasteiger partial charge in [0.2, 0.25) is 5.88 Å². The Hall–Kier alpha value is -4.82. The minimum atomic E-state index is -0.0894. The average molecular weight is 460 g/mol. The number of pyridine rings is 2. The van der Waals surface area contributed by atoms with Gasteiger partial charge in [-0.05, 0) is 67.3 Å². The fraction of sp³-hybridized carbons (Fsp3) is 0.185. The fourth-order valence-corrected chi connectivity index (χ4v) is 3.93. The lowest BCUT2D eigenvalue weighted by Crippen LogP contribution is -2.39. The van der Waals surface area contributed by atoms with Gasteiger partial charge in [0.25, 0.3) is 5.91 Å². The minimum Gasteiger partial charge on any atom is -0.473 e. The van der Waals surface area contributed by atoms with Gasteiger partial charge in [0, 0.05) is 30.7 Å². The molecule has 0 unspecified atom stereocenters. The quantitative estimate of drug-likeness (QED) is 0.430. The maximum Gasteiger partial charge on any atom is 0.255 e. The van der Waals surface area contributed by atoms with Crippen molar-refractivity contribution in [3.05, 3.63) is 89.5 Å². The summed E-state index contributed by atoms with van der Waals surface area (Å²) in [6.07, 6.45) is 6.61. The lowest BCUT2D eigenvalue weighted by molar-refractivity contribution is 0.0688. The number of nitriles is 1. The first-order chi connectivity index (χ1) is 17.2. The zero-order chi connectivity index (χ0) is 24.0. The van der Waals surface area contributed by atoms with Crippen LogP contribution in [0.3, 0.4) is 0 Å². The molecule has 1 aliphatic heterocycles. The number of carbonyl (C=O) groups is 1. The van der Waals surface area contributed by atoms with Gasteiger partial charge in [-0.2, -0.15) is 5.26 Å². The zero-order valence-electron chi connectivity index (χ0n) is 18.8. The minimum absolute atomic E-state index is 0.0566. The molecule has 0 spiro atoms. The topological polar surface area (TPSA) is 105 Å². The average Bonchev–Trinajstić information content (AvgIpc) is 3.39. The number of hydrogen-bond acceptors (Lipinski definition) is 7. The van der Waals surface area contributed by atoms with Crippen LogP contribution in [0.15, 0.2) is 67.1 Å². The monoisotopic (exact) mass is 460 g/mol. The Bertz CT molecular complexity index is 1470. The van der Waals surface area contributed by atoms with Crippen LogP contribution in [-0.2, 0) is 0 Å². The Morgan fingerprint density at radius 1 is 1.06 bits per heavy atom. The maximum atomic E-state index is 13.0. The van der Waals surface area contributed by atoms with Crippen molar-refractivity contribution < 1.29 is 9.53 Å². The van der Waals surface area contributed by atoms with Crippen LogP contribution in [-0.4, -0.2) is 49.9 Å². The van der Waals surface area contributed by atoms with Gasteiger partial charge in [-0.15, -0.1) is 0 Å². The first kappa shape index (κ1) is 22.0. The highest BCUT2D eigenvalue weighted by Crippen LogP contribution is 2.23. The van der Waals surface area contributed by atoms with Crippen LogP contribution < -0.4 is 4.74 Å². The maximum absolute atomic E-state index is 13.0. The third-order valence-electron chi connectivity index (χ3n) is 5.71. The smallest absolute Gasteiger partial charge is 0.255 e. The van der Waals surface area contributed by atoms with Gasteiger partial charge in [-0.1, -0.05) is 5.92 Å². The molecule has 1 atom stereocenters. The van der Waals surface area contributed by atoms with E-state index in [1.54, 1.807) is 61.1 Å². The highest BCUT2D eigenvalue weighted by atomic mass is 16.5. The molecule has 0 saturated carbocycles. The van der Waals surface area contributed by atoms with E-state index in [-0.39, 0.29) is 18.6 Å². The summed E-state index contributed by atoms with van der Waals surface area (Å²) in [5.41, 5.74) is 3.30. The van der Waals surface area contributed by atoms with E-state index in [2.05, 4.69) is 37.8 Å². The predicted molar refractivity (Wildman–Crippen MR) is 128 cm³/mol. The van der Waals surface area contributed by atoms with E-state index in [4.69, 9.17) is 10.00 Å². The van der Waals surface area contributed by atoms with Gasteiger partial charge >= 0.3 is 0 Å². The van der Waals surface area contributed by atoms with E-state index in [0.29, 0.717) is 40.4 Å². The Morgan fingerprint density at radius 3 is 2.69 bits per heavy atom. The number of benzene rings is 1. The van der Waals surface area contributed by atoms with Crippen molar-refractivity contribution in [2.45, 2.75) is 18.9 Å². The van der Waals surface area contributed by atoms with Crippen LogP contribution in [0, 0.1) is 23.2 Å². The van der Waals surface area contributed by atoms with E-state index in [1.165, 1.54) is 0 Å². The van der Waals surface area contributed by atoms with Crippen LogP contribution in [0.25, 0.3) is 11.2 Å². The number of hydrogen-bond donors (Lipinski definition) is 0. The standard InChI is InChI=1S/C27H20N6O2/c28-16-20-9-7-19(8-10-20)11-12-24-26(32-23-6-2-14-30-25(23)31-24)35-18-22-5-3-15-33(22)27(34)21-4-1-13-29-17-21/h1-2,4,6-10,13-14,17,22H,3,5,15,18H2/t22-/m1/s1. The SMILES string of the molecule is N#Cc1ccc(C#Cc2nc3ncccc3nc2OC[C@H]2CCCN2C(=O)c2cccnc2)cc1. The molecule has 1 saturated heterocycles. The third kappa shape index (κ3) is 4.92. The van der Waals surface area contributed by atoms with Gasteiger partial charge < -0.3 is 9.64 Å². The Balaban J connectivity index is 1.40. The number of nitrogens with zero attached hydrogens (tertiary/aromatic N) is 6. The van der Waals surface area contributed by atoms with E-state index in [9.17, 15) is 4.79 Å². The Kier molecular flexibility index (Phi) is 6.27. The van der Waals surface area contributed by atoms with Gasteiger partial charge in [-0.3, -0.25) is 9.78 Å². The summed E-state index contributed by atoms with van der Waals surface area (Å²) in [4.78, 5) is 32.3. The van der Waals surface area contributed by atoms with Crippen LogP contribution in [0.2, 0.25) is 0 Å². The Morgan fingerprint density at radius 2 is 1.89 bits per heavy atom. The van der Waals surface area contributed by atoms with Gasteiger partial charge in [0.15, 0.2) is 11.3 Å². The molecule has 4 aromatic rings. The first-order valence-corrected chi connectivity index (χ1v) is 11.2. The summed E-state index contributed by atoms with van der Waals surface area (Å²) in [6, 6.07) is 16.1. The number of amides is 1. The van der Waals surface area contributed by atoms with Crippen LogP contribution in [0.1, 0.15) is 40.0 Å². The molecule has 35 heavy (non-hydrogen) atoms. The number of fused-ring (bicyclic) bond motifs is 1. The van der Waals surface area contributed by atoms with Crippen molar-refractivity contribution in [1.82, 2.24) is 24.8 Å². The second-order valence-electron chi connectivity index (χ2n) is 8.01. The second kappa shape index (κ2) is 9.98. The van der Waals surface area contributed by atoms with Gasteiger partial charge in [0.05, 0.1) is 23.2 Å². The van der Waals surface area contributed by atoms with Crippen LogP contribution in [0.5, 0.6) is 5.88 Å². The van der Waals surface area contributed by atoms with Gasteiger partial charge in [0.1, 0.15) is 12.1 Å². The van der Waals surface area contributed by atoms with Crippen molar-refractivity contribution in [1.29, 1.82) is 5.26 Å². The number of aromatic nitrogens is 4. The molecule has 0 N–H and O–H groups in total. The molecule has 5 rings (SSSR count). The number of rotatable bonds is 4. The van der Waals surface area contributed by atoms with E-state index in [1.807, 2.05) is 11.0 Å². The lowest BCUT2D eigenvalue weighted by atomic mass is 10.1. The summed E-state index contributed by atoms with van der Waals surface area (Å²) in [5.74, 6) is 6.33. The summed E-state index contributed by atoms with van der Waals surface area (Å²) in [6.45, 7) is 0.943. The van der Waals surface area contributed by atoms with Crippen LogP contribution in [0.4, 0.5) is 0 Å². The van der Waals surface area contributed by atoms with E-state index in [0.717, 1.165) is 18.4 Å². The van der Waals surface area contributed by atoms with Crippen molar-refractivity contribution in [3.8, 4) is 23.8 Å². The summed E-state index contributed by atoms with van der Waals surface area (Å²) >= 11 is 0. The molecule has 1 aromatic carbocycles. The molecule has 8 nitrogen and oxygen atoms in total. The van der Waals surface area contributed by atoms with E-state index >= 15 is 0 Å². The van der Waals surface area contributed by atoms with Crippen molar-refractivity contribution in [2.75, 3.05) is 13.2 Å². The molecule has 1 fully saturated rings. The molecule has 0 radical (unpaired) electrons. The lowest BCUT2D eigenvalue weighted by Gasteiger charge is -2.24. The molecule has 4 heterocycles. The molecule has 1 aliphatic rings. The van der Waals surface area contributed by atoms with Crippen molar-refractivity contribution in [3.63, 3.8) is 0 Å². The number of likely N-dealkylation sites (tertiary alicyclic amines) is 1. The molecule has 3 aromatic heterocycles. The predicted octanol–water partition coefficient (Wildman–Crippen LogP) is 3.37. The molecule has 8 heteroatoms. The molecule has 0 bridgehead atoms. The molecular weight excluding hydrogens is 440 g/mol. The van der Waals surface area contributed by atoms with Crippen molar-refractivity contribution >= 4 is 17.1 Å². The molecular formula is C27H20N6O2. The molecule has 1 amide bonds. The summed E-state index contributed by atoms with van der Waals surface area (Å²) in [5, 5.41) is 8.98. The first-order valence-electron chi connectivity index (χ1n) is 11.2. The number of ether oxygens (including phenoxy) is 1. The summed E-state index contributed by atoms with van der Waals surface area (Å²) in [7, 11) is 0. The largest absolute Gasteiger partial charge is 0.473 e. The van der Waals surface area contributed by atoms with E-state index < -0.39 is 0 Å². The number of carbonyl (C=O) groups excluding carboxylic acids is 1. The summed E-state index contributed by atoms with van der Waals surface area (Å²) < 4.78 is 6.11. The highest BCUT2D eigenvalue weighted by Gasteiger charge is 2.30. The Labute approximate surface area is 202 Å². The van der Waals surface area contributed by atoms with Crippen molar-refractivity contribution in [2.24, 2.45) is 0 Å². The molecule has 170 valence electrons. The molecule has 0 aliphatic carbocycles. The van der Waals surface area contributed by atoms with Gasteiger partial charge in [-0.25, -0.2) is 15.0 Å². The third-order valence-corrected chi connectivity index (χ3v) is 5.71. The van der Waals surface area contributed by atoms with Crippen LogP contribution >= 0.6 is 0 Å². The highest BCUT2D eigenvalue weighted by molar-refractivity contribution is 5.94. The second-order valence-corrected chi connectivity index (χ2v) is 8.01. The fourth-order valence-electron chi connectivity index (χ4n) is 3.93. The zero-order valence-corrected chi connectivity index (χ0v) is 18.8.